The number of thiophene rings is 1. The van der Waals surface area contributed by atoms with E-state index in [1.807, 2.05) is 12.1 Å². The van der Waals surface area contributed by atoms with E-state index in [9.17, 15) is 0 Å². The number of hydrogen-bond acceptors (Lipinski definition) is 3. The van der Waals surface area contributed by atoms with Crippen LogP contribution in [0, 0.1) is 0 Å². The first-order chi connectivity index (χ1) is 10.3. The lowest BCUT2D eigenvalue weighted by atomic mass is 10.1. The predicted molar refractivity (Wildman–Crippen MR) is 88.6 cm³/mol. The summed E-state index contributed by atoms with van der Waals surface area (Å²) in [6.45, 7) is 2.19. The molecule has 0 fully saturated rings. The third kappa shape index (κ3) is 2.54. The van der Waals surface area contributed by atoms with Gasteiger partial charge in [-0.1, -0.05) is 13.0 Å². The molecule has 0 spiro atoms. The zero-order valence-electron chi connectivity index (χ0n) is 12.0. The second kappa shape index (κ2) is 6.08. The average Bonchev–Trinajstić information content (AvgIpc) is 3.16. The van der Waals surface area contributed by atoms with E-state index < -0.39 is 0 Å². The number of fused-ring (bicyclic) bond motifs is 1. The van der Waals surface area contributed by atoms with Crippen molar-refractivity contribution in [3.05, 3.63) is 46.4 Å². The lowest BCUT2D eigenvalue weighted by Crippen LogP contribution is -2.11. The minimum Gasteiger partial charge on any atom is -0.497 e. The molecule has 0 aliphatic heterocycles. The van der Waals surface area contributed by atoms with Crippen LogP contribution in [-0.4, -0.2) is 16.7 Å². The Labute approximate surface area is 133 Å². The smallest absolute Gasteiger partial charge is 0.125 e. The van der Waals surface area contributed by atoms with E-state index in [0.717, 1.165) is 29.0 Å². The molecule has 0 N–H and O–H groups in total. The zero-order valence-corrected chi connectivity index (χ0v) is 13.6. The summed E-state index contributed by atoms with van der Waals surface area (Å²) in [5.74, 6) is 2.12. The largest absolute Gasteiger partial charge is 0.497 e. The number of rotatable bonds is 5. The van der Waals surface area contributed by atoms with Gasteiger partial charge in [0.05, 0.1) is 30.1 Å². The van der Waals surface area contributed by atoms with Gasteiger partial charge in [0.25, 0.3) is 0 Å². The van der Waals surface area contributed by atoms with Gasteiger partial charge in [0.2, 0.25) is 0 Å². The summed E-state index contributed by atoms with van der Waals surface area (Å²) in [5, 5.41) is 2.11. The van der Waals surface area contributed by atoms with Crippen LogP contribution < -0.4 is 4.74 Å². The summed E-state index contributed by atoms with van der Waals surface area (Å²) in [5.41, 5.74) is 2.03. The molecule has 0 bridgehead atoms. The van der Waals surface area contributed by atoms with Crippen molar-refractivity contribution in [2.75, 3.05) is 7.11 Å². The third-order valence-electron chi connectivity index (χ3n) is 3.66. The van der Waals surface area contributed by atoms with Crippen LogP contribution >= 0.6 is 22.9 Å². The molecular weight excluding hydrogens is 304 g/mol. The molecule has 3 rings (SSSR count). The highest BCUT2D eigenvalue weighted by atomic mass is 35.5. The zero-order chi connectivity index (χ0) is 14.8. The summed E-state index contributed by atoms with van der Waals surface area (Å²) in [6, 6.07) is 10.5. The van der Waals surface area contributed by atoms with Crippen LogP contribution in [0.25, 0.3) is 11.0 Å². The van der Waals surface area contributed by atoms with E-state index in [1.54, 1.807) is 18.4 Å². The Kier molecular flexibility index (Phi) is 4.17. The van der Waals surface area contributed by atoms with Crippen molar-refractivity contribution in [3.63, 3.8) is 0 Å². The van der Waals surface area contributed by atoms with Crippen molar-refractivity contribution in [1.29, 1.82) is 0 Å². The van der Waals surface area contributed by atoms with Crippen molar-refractivity contribution in [1.82, 2.24) is 9.55 Å². The first kappa shape index (κ1) is 14.4. The van der Waals surface area contributed by atoms with Crippen molar-refractivity contribution < 1.29 is 4.74 Å². The van der Waals surface area contributed by atoms with E-state index in [2.05, 4.69) is 40.1 Å². The Morgan fingerprint density at radius 2 is 2.24 bits per heavy atom. The molecule has 0 saturated carbocycles. The summed E-state index contributed by atoms with van der Waals surface area (Å²) >= 11 is 7.90. The van der Waals surface area contributed by atoms with Gasteiger partial charge < -0.3 is 9.30 Å². The number of methoxy groups -OCH3 is 1. The SMILES string of the molecule is CCC(c1cccs1)n1c(CCl)nc2cc(OC)ccc21. The quantitative estimate of drug-likeness (QED) is 0.629. The molecule has 0 radical (unpaired) electrons. The molecule has 0 saturated heterocycles. The summed E-state index contributed by atoms with van der Waals surface area (Å²) in [6.07, 6.45) is 1.00. The Balaban J connectivity index is 2.20. The second-order valence-electron chi connectivity index (χ2n) is 4.83. The highest BCUT2D eigenvalue weighted by Gasteiger charge is 2.20. The topological polar surface area (TPSA) is 27.1 Å². The Morgan fingerprint density at radius 3 is 2.86 bits per heavy atom. The van der Waals surface area contributed by atoms with E-state index >= 15 is 0 Å². The minimum absolute atomic E-state index is 0.275. The molecule has 0 aliphatic carbocycles. The van der Waals surface area contributed by atoms with Crippen LogP contribution in [0.2, 0.25) is 0 Å². The van der Waals surface area contributed by atoms with Gasteiger partial charge in [-0.15, -0.1) is 22.9 Å². The van der Waals surface area contributed by atoms with E-state index in [1.165, 1.54) is 4.88 Å². The highest BCUT2D eigenvalue weighted by molar-refractivity contribution is 7.10. The van der Waals surface area contributed by atoms with Gasteiger partial charge in [0.1, 0.15) is 11.6 Å². The minimum atomic E-state index is 0.275. The van der Waals surface area contributed by atoms with Crippen LogP contribution in [0.4, 0.5) is 0 Å². The maximum atomic E-state index is 6.13. The maximum Gasteiger partial charge on any atom is 0.125 e. The summed E-state index contributed by atoms with van der Waals surface area (Å²) < 4.78 is 7.54. The molecule has 1 atom stereocenters. The third-order valence-corrected chi connectivity index (χ3v) is 4.87. The van der Waals surface area contributed by atoms with Gasteiger partial charge in [-0.05, 0) is 30.0 Å². The first-order valence-electron chi connectivity index (χ1n) is 6.92. The second-order valence-corrected chi connectivity index (χ2v) is 6.07. The molecular formula is C16H17ClN2OS. The monoisotopic (exact) mass is 320 g/mol. The number of aromatic nitrogens is 2. The van der Waals surface area contributed by atoms with Crippen LogP contribution in [0.3, 0.4) is 0 Å². The van der Waals surface area contributed by atoms with Gasteiger partial charge in [-0.3, -0.25) is 0 Å². The molecule has 0 amide bonds. The molecule has 0 aliphatic rings. The Hall–Kier alpha value is -1.52. The van der Waals surface area contributed by atoms with Crippen LogP contribution in [0.15, 0.2) is 35.7 Å². The van der Waals surface area contributed by atoms with E-state index in [0.29, 0.717) is 5.88 Å². The predicted octanol–water partition coefficient (Wildman–Crippen LogP) is 4.84. The van der Waals surface area contributed by atoms with Gasteiger partial charge in [-0.2, -0.15) is 0 Å². The highest BCUT2D eigenvalue weighted by Crippen LogP contribution is 2.32. The number of imidazole rings is 1. The van der Waals surface area contributed by atoms with Gasteiger partial charge in [0, 0.05) is 10.9 Å². The first-order valence-corrected chi connectivity index (χ1v) is 8.34. The standard InChI is InChI=1S/C16H17ClN2OS/c1-3-13(15-5-4-8-21-15)19-14-7-6-11(20-2)9-12(14)18-16(19)10-17/h4-9,13H,3,10H2,1-2H3. The van der Waals surface area contributed by atoms with E-state index in [4.69, 9.17) is 16.3 Å². The molecule has 3 nitrogen and oxygen atoms in total. The number of nitrogens with zero attached hydrogens (tertiary/aromatic N) is 2. The van der Waals surface area contributed by atoms with Crippen molar-refractivity contribution in [3.8, 4) is 5.75 Å². The van der Waals surface area contributed by atoms with Gasteiger partial charge in [0.15, 0.2) is 0 Å². The molecule has 1 aromatic carbocycles. The molecule has 1 unspecified atom stereocenters. The summed E-state index contributed by atoms with van der Waals surface area (Å²) in [7, 11) is 1.67. The van der Waals surface area contributed by atoms with Gasteiger partial charge in [-0.25, -0.2) is 4.98 Å². The Morgan fingerprint density at radius 1 is 1.38 bits per heavy atom. The molecule has 110 valence electrons. The normalized spacial score (nSPS) is 12.7. The fourth-order valence-electron chi connectivity index (χ4n) is 2.69. The van der Waals surface area contributed by atoms with E-state index in [-0.39, 0.29) is 6.04 Å². The number of benzene rings is 1. The van der Waals surface area contributed by atoms with Crippen LogP contribution in [0.5, 0.6) is 5.75 Å². The maximum absolute atomic E-state index is 6.13. The molecule has 5 heteroatoms. The fourth-order valence-corrected chi connectivity index (χ4v) is 3.78. The van der Waals surface area contributed by atoms with Crippen molar-refractivity contribution in [2.24, 2.45) is 0 Å². The van der Waals surface area contributed by atoms with Crippen LogP contribution in [0.1, 0.15) is 30.1 Å². The molecule has 21 heavy (non-hydrogen) atoms. The van der Waals surface area contributed by atoms with Crippen molar-refractivity contribution >= 4 is 34.0 Å². The number of ether oxygens (including phenoxy) is 1. The number of halogens is 1. The Bertz CT molecular complexity index is 736. The number of alkyl halides is 1. The molecule has 2 aromatic heterocycles. The number of hydrogen-bond donors (Lipinski definition) is 0. The summed E-state index contributed by atoms with van der Waals surface area (Å²) in [4.78, 5) is 6.01. The van der Waals surface area contributed by atoms with Crippen molar-refractivity contribution in [2.45, 2.75) is 25.3 Å². The fraction of sp³-hybridized carbons (Fsp3) is 0.312. The molecule has 3 aromatic rings. The van der Waals surface area contributed by atoms with Crippen LogP contribution in [-0.2, 0) is 5.88 Å². The average molecular weight is 321 g/mol. The molecule has 2 heterocycles. The van der Waals surface area contributed by atoms with Gasteiger partial charge >= 0.3 is 0 Å². The lowest BCUT2D eigenvalue weighted by Gasteiger charge is -2.18. The lowest BCUT2D eigenvalue weighted by molar-refractivity contribution is 0.415.